The van der Waals surface area contributed by atoms with Gasteiger partial charge in [-0.15, -0.1) is 0 Å². The molecule has 0 unspecified atom stereocenters. The van der Waals surface area contributed by atoms with Gasteiger partial charge in [0.2, 0.25) is 0 Å². The fourth-order valence-electron chi connectivity index (χ4n) is 2.32. The van der Waals surface area contributed by atoms with Gasteiger partial charge >= 0.3 is 11.9 Å². The molecule has 0 amide bonds. The van der Waals surface area contributed by atoms with E-state index in [1.807, 2.05) is 12.1 Å². The highest BCUT2D eigenvalue weighted by Crippen LogP contribution is 2.26. The van der Waals surface area contributed by atoms with Crippen LogP contribution in [0.2, 0.25) is 0 Å². The molecule has 4 heteroatoms. The van der Waals surface area contributed by atoms with Crippen LogP contribution in [0.1, 0.15) is 26.3 Å². The molecule has 0 atom stereocenters. The Kier molecular flexibility index (Phi) is 5.25. The molecule has 0 spiro atoms. The summed E-state index contributed by atoms with van der Waals surface area (Å²) in [6.07, 6.45) is 1.54. The maximum absolute atomic E-state index is 12.2. The van der Waals surface area contributed by atoms with E-state index >= 15 is 0 Å². The molecule has 0 bridgehead atoms. The van der Waals surface area contributed by atoms with E-state index in [4.69, 9.17) is 9.47 Å². The quantitative estimate of drug-likeness (QED) is 0.494. The van der Waals surface area contributed by atoms with Crippen molar-refractivity contribution >= 4 is 18.0 Å². The summed E-state index contributed by atoms with van der Waals surface area (Å²) < 4.78 is 10.8. The number of benzene rings is 3. The minimum atomic E-state index is -0.470. The second kappa shape index (κ2) is 7.94. The molecule has 3 aromatic rings. The molecule has 26 heavy (non-hydrogen) atoms. The van der Waals surface area contributed by atoms with Crippen LogP contribution in [0.25, 0.3) is 6.08 Å². The Balaban J connectivity index is 1.76. The normalized spacial score (nSPS) is 10.0. The average molecular weight is 344 g/mol. The SMILES string of the molecule is C=Cc1cc(OC(=O)c2ccccc2)ccc1OC(=O)c1ccccc1. The lowest BCUT2D eigenvalue weighted by Crippen LogP contribution is -2.10. The minimum Gasteiger partial charge on any atom is -0.423 e. The van der Waals surface area contributed by atoms with Gasteiger partial charge in [0.25, 0.3) is 0 Å². The maximum Gasteiger partial charge on any atom is 0.343 e. The summed E-state index contributed by atoms with van der Waals surface area (Å²) in [6.45, 7) is 3.72. The molecular weight excluding hydrogens is 328 g/mol. The Labute approximate surface area is 151 Å². The summed E-state index contributed by atoms with van der Waals surface area (Å²) in [6, 6.07) is 22.1. The van der Waals surface area contributed by atoms with Gasteiger partial charge in [-0.3, -0.25) is 0 Å². The highest BCUT2D eigenvalue weighted by Gasteiger charge is 2.13. The monoisotopic (exact) mass is 344 g/mol. The van der Waals surface area contributed by atoms with E-state index in [1.54, 1.807) is 66.7 Å². The van der Waals surface area contributed by atoms with Crippen molar-refractivity contribution in [2.75, 3.05) is 0 Å². The predicted molar refractivity (Wildman–Crippen MR) is 99.3 cm³/mol. The zero-order valence-corrected chi connectivity index (χ0v) is 13.9. The number of hydrogen-bond donors (Lipinski definition) is 0. The van der Waals surface area contributed by atoms with Gasteiger partial charge in [-0.05, 0) is 42.5 Å². The fourth-order valence-corrected chi connectivity index (χ4v) is 2.32. The van der Waals surface area contributed by atoms with Crippen LogP contribution in [0.15, 0.2) is 85.4 Å². The van der Waals surface area contributed by atoms with Gasteiger partial charge in [-0.1, -0.05) is 49.1 Å². The first-order chi connectivity index (χ1) is 12.7. The first-order valence-electron chi connectivity index (χ1n) is 7.98. The van der Waals surface area contributed by atoms with E-state index in [0.717, 1.165) is 0 Å². The number of rotatable bonds is 5. The number of ether oxygens (including phenoxy) is 2. The Hall–Kier alpha value is -3.66. The highest BCUT2D eigenvalue weighted by molar-refractivity contribution is 5.92. The topological polar surface area (TPSA) is 52.6 Å². The van der Waals surface area contributed by atoms with Crippen molar-refractivity contribution in [3.63, 3.8) is 0 Å². The van der Waals surface area contributed by atoms with Gasteiger partial charge in [0.15, 0.2) is 0 Å². The molecule has 3 rings (SSSR count). The van der Waals surface area contributed by atoms with Gasteiger partial charge in [0.05, 0.1) is 11.1 Å². The molecule has 4 nitrogen and oxygen atoms in total. The Morgan fingerprint density at radius 1 is 0.731 bits per heavy atom. The fraction of sp³-hybridized carbons (Fsp3) is 0. The van der Waals surface area contributed by atoms with Crippen LogP contribution in [0.4, 0.5) is 0 Å². The van der Waals surface area contributed by atoms with Crippen molar-refractivity contribution < 1.29 is 19.1 Å². The van der Waals surface area contributed by atoms with Gasteiger partial charge in [0.1, 0.15) is 11.5 Å². The molecule has 0 radical (unpaired) electrons. The summed E-state index contributed by atoms with van der Waals surface area (Å²) in [5.41, 5.74) is 1.45. The second-order valence-electron chi connectivity index (χ2n) is 5.41. The molecule has 128 valence electrons. The van der Waals surface area contributed by atoms with Crippen molar-refractivity contribution in [1.29, 1.82) is 0 Å². The van der Waals surface area contributed by atoms with Crippen LogP contribution in [0, 0.1) is 0 Å². The molecule has 0 aromatic heterocycles. The van der Waals surface area contributed by atoms with Gasteiger partial charge in [-0.25, -0.2) is 9.59 Å². The third-order valence-electron chi connectivity index (χ3n) is 3.63. The maximum atomic E-state index is 12.2. The third-order valence-corrected chi connectivity index (χ3v) is 3.63. The molecule has 0 aliphatic heterocycles. The van der Waals surface area contributed by atoms with E-state index < -0.39 is 11.9 Å². The lowest BCUT2D eigenvalue weighted by atomic mass is 10.1. The standard InChI is InChI=1S/C22H16O4/c1-2-16-15-19(25-21(23)17-9-5-3-6-10-17)13-14-20(16)26-22(24)18-11-7-4-8-12-18/h2-15H,1H2. The lowest BCUT2D eigenvalue weighted by Gasteiger charge is -2.10. The predicted octanol–water partition coefficient (Wildman–Crippen LogP) is 4.77. The summed E-state index contributed by atoms with van der Waals surface area (Å²) >= 11 is 0. The largest absolute Gasteiger partial charge is 0.423 e. The third kappa shape index (κ3) is 4.05. The van der Waals surface area contributed by atoms with E-state index in [9.17, 15) is 9.59 Å². The molecular formula is C22H16O4. The molecule has 0 aliphatic rings. The van der Waals surface area contributed by atoms with Crippen molar-refractivity contribution in [2.45, 2.75) is 0 Å². The van der Waals surface area contributed by atoms with Crippen molar-refractivity contribution in [1.82, 2.24) is 0 Å². The van der Waals surface area contributed by atoms with Gasteiger partial charge in [-0.2, -0.15) is 0 Å². The van der Waals surface area contributed by atoms with E-state index in [0.29, 0.717) is 28.2 Å². The Bertz CT molecular complexity index is 931. The van der Waals surface area contributed by atoms with Crippen LogP contribution < -0.4 is 9.47 Å². The average Bonchev–Trinajstić information content (AvgIpc) is 2.70. The molecule has 0 N–H and O–H groups in total. The first-order valence-corrected chi connectivity index (χ1v) is 7.98. The first kappa shape index (κ1) is 17.2. The van der Waals surface area contributed by atoms with E-state index in [-0.39, 0.29) is 0 Å². The molecule has 0 fully saturated rings. The Morgan fingerprint density at radius 2 is 1.27 bits per heavy atom. The number of hydrogen-bond acceptors (Lipinski definition) is 4. The summed E-state index contributed by atoms with van der Waals surface area (Å²) in [5, 5.41) is 0. The molecule has 0 heterocycles. The van der Waals surface area contributed by atoms with E-state index in [2.05, 4.69) is 6.58 Å². The second-order valence-corrected chi connectivity index (χ2v) is 5.41. The minimum absolute atomic E-state index is 0.341. The zero-order valence-electron chi connectivity index (χ0n) is 13.9. The van der Waals surface area contributed by atoms with Crippen molar-refractivity contribution in [2.24, 2.45) is 0 Å². The Morgan fingerprint density at radius 3 is 1.81 bits per heavy atom. The van der Waals surface area contributed by atoms with Crippen LogP contribution in [-0.2, 0) is 0 Å². The van der Waals surface area contributed by atoms with Crippen LogP contribution in [-0.4, -0.2) is 11.9 Å². The summed E-state index contributed by atoms with van der Waals surface area (Å²) in [4.78, 5) is 24.3. The van der Waals surface area contributed by atoms with Crippen LogP contribution >= 0.6 is 0 Å². The molecule has 3 aromatic carbocycles. The van der Waals surface area contributed by atoms with Crippen molar-refractivity contribution in [3.8, 4) is 11.5 Å². The van der Waals surface area contributed by atoms with E-state index in [1.165, 1.54) is 6.08 Å². The zero-order chi connectivity index (χ0) is 18.4. The van der Waals surface area contributed by atoms with Gasteiger partial charge in [0, 0.05) is 5.56 Å². The molecule has 0 aliphatic carbocycles. The van der Waals surface area contributed by atoms with Crippen LogP contribution in [0.3, 0.4) is 0 Å². The number of esters is 2. The van der Waals surface area contributed by atoms with Crippen LogP contribution in [0.5, 0.6) is 11.5 Å². The summed E-state index contributed by atoms with van der Waals surface area (Å²) in [7, 11) is 0. The van der Waals surface area contributed by atoms with Crippen molar-refractivity contribution in [3.05, 3.63) is 102 Å². The highest BCUT2D eigenvalue weighted by atomic mass is 16.5. The number of carbonyl (C=O) groups excluding carboxylic acids is 2. The summed E-state index contributed by atoms with van der Waals surface area (Å²) in [5.74, 6) is -0.251. The van der Waals surface area contributed by atoms with Gasteiger partial charge < -0.3 is 9.47 Å². The lowest BCUT2D eigenvalue weighted by molar-refractivity contribution is 0.0719. The smallest absolute Gasteiger partial charge is 0.343 e. The number of carbonyl (C=O) groups is 2. The molecule has 0 saturated heterocycles. The molecule has 0 saturated carbocycles.